The minimum Gasteiger partial charge on any atom is -0.497 e. The Morgan fingerprint density at radius 3 is 2.59 bits per heavy atom. The zero-order valence-corrected chi connectivity index (χ0v) is 19.3. The molecule has 1 aliphatic rings. The van der Waals surface area contributed by atoms with Crippen LogP contribution in [0.25, 0.3) is 0 Å². The van der Waals surface area contributed by atoms with E-state index >= 15 is 0 Å². The third-order valence-electron chi connectivity index (χ3n) is 6.26. The van der Waals surface area contributed by atoms with Gasteiger partial charge in [-0.25, -0.2) is 0 Å². The summed E-state index contributed by atoms with van der Waals surface area (Å²) in [6, 6.07) is 25.2. The van der Waals surface area contributed by atoms with Gasteiger partial charge in [0, 0.05) is 37.9 Å². The SMILES string of the molecule is COc1ccc(CN2CC[C@H](N(Cc3ccccc3C)c3ccc(C#N)c(Cl)c3)C2)cc1. The summed E-state index contributed by atoms with van der Waals surface area (Å²) in [5.41, 5.74) is 5.46. The summed E-state index contributed by atoms with van der Waals surface area (Å²) in [6.45, 7) is 5.92. The van der Waals surface area contributed by atoms with Crippen LogP contribution in [0.15, 0.2) is 66.7 Å². The predicted molar refractivity (Wildman–Crippen MR) is 130 cm³/mol. The summed E-state index contributed by atoms with van der Waals surface area (Å²) in [6.07, 6.45) is 1.08. The molecule has 4 nitrogen and oxygen atoms in total. The quantitative estimate of drug-likeness (QED) is 0.460. The molecule has 1 aliphatic heterocycles. The minimum absolute atomic E-state index is 0.372. The number of rotatable bonds is 7. The highest BCUT2D eigenvalue weighted by Crippen LogP contribution is 2.30. The monoisotopic (exact) mass is 445 g/mol. The van der Waals surface area contributed by atoms with Gasteiger partial charge in [0.1, 0.15) is 11.8 Å². The van der Waals surface area contributed by atoms with Crippen LogP contribution in [0.4, 0.5) is 5.69 Å². The van der Waals surface area contributed by atoms with Crippen LogP contribution in [-0.2, 0) is 13.1 Å². The van der Waals surface area contributed by atoms with E-state index in [1.807, 2.05) is 30.3 Å². The van der Waals surface area contributed by atoms with Crippen LogP contribution in [0.1, 0.15) is 28.7 Å². The van der Waals surface area contributed by atoms with Gasteiger partial charge in [0.15, 0.2) is 0 Å². The Labute approximate surface area is 195 Å². The second-order valence-electron chi connectivity index (χ2n) is 8.36. The molecule has 5 heteroatoms. The van der Waals surface area contributed by atoms with Crippen molar-refractivity contribution in [1.82, 2.24) is 4.90 Å². The van der Waals surface area contributed by atoms with Gasteiger partial charge in [0.25, 0.3) is 0 Å². The molecular weight excluding hydrogens is 418 g/mol. The first-order valence-corrected chi connectivity index (χ1v) is 11.3. The summed E-state index contributed by atoms with van der Waals surface area (Å²) >= 11 is 6.41. The Kier molecular flexibility index (Phi) is 6.99. The van der Waals surface area contributed by atoms with Gasteiger partial charge in [-0.05, 0) is 60.4 Å². The van der Waals surface area contributed by atoms with Gasteiger partial charge in [0.05, 0.1) is 17.7 Å². The molecule has 3 aromatic carbocycles. The molecule has 164 valence electrons. The Hall–Kier alpha value is -3.00. The van der Waals surface area contributed by atoms with Crippen LogP contribution < -0.4 is 9.64 Å². The van der Waals surface area contributed by atoms with Crippen LogP contribution in [0.2, 0.25) is 5.02 Å². The van der Waals surface area contributed by atoms with E-state index in [1.165, 1.54) is 16.7 Å². The van der Waals surface area contributed by atoms with Crippen molar-refractivity contribution >= 4 is 17.3 Å². The Morgan fingerprint density at radius 2 is 1.91 bits per heavy atom. The lowest BCUT2D eigenvalue weighted by molar-refractivity contribution is 0.324. The second kappa shape index (κ2) is 10.1. The molecule has 1 saturated heterocycles. The first kappa shape index (κ1) is 22.2. The number of ether oxygens (including phenoxy) is 1. The fraction of sp³-hybridized carbons (Fsp3) is 0.296. The third kappa shape index (κ3) is 5.07. The highest BCUT2D eigenvalue weighted by Gasteiger charge is 2.28. The summed E-state index contributed by atoms with van der Waals surface area (Å²) in [5, 5.41) is 9.78. The van der Waals surface area contributed by atoms with Crippen molar-refractivity contribution in [1.29, 1.82) is 5.26 Å². The third-order valence-corrected chi connectivity index (χ3v) is 6.57. The Bertz CT molecular complexity index is 1110. The maximum absolute atomic E-state index is 9.28. The number of nitrogens with zero attached hydrogens (tertiary/aromatic N) is 3. The van der Waals surface area contributed by atoms with Crippen LogP contribution in [0, 0.1) is 18.3 Å². The average molecular weight is 446 g/mol. The van der Waals surface area contributed by atoms with Crippen molar-refractivity contribution in [2.75, 3.05) is 25.1 Å². The number of likely N-dealkylation sites (tertiary alicyclic amines) is 1. The molecule has 1 fully saturated rings. The van der Waals surface area contributed by atoms with Gasteiger partial charge in [-0.2, -0.15) is 5.26 Å². The summed E-state index contributed by atoms with van der Waals surface area (Å²) in [7, 11) is 1.69. The number of aryl methyl sites for hydroxylation is 1. The number of hydrogen-bond donors (Lipinski definition) is 0. The van der Waals surface area contributed by atoms with Gasteiger partial charge in [-0.15, -0.1) is 0 Å². The van der Waals surface area contributed by atoms with Crippen molar-refractivity contribution in [3.63, 3.8) is 0 Å². The molecule has 0 N–H and O–H groups in total. The molecular formula is C27H28ClN3O. The topological polar surface area (TPSA) is 39.5 Å². The van der Waals surface area contributed by atoms with Gasteiger partial charge < -0.3 is 9.64 Å². The molecule has 0 unspecified atom stereocenters. The minimum atomic E-state index is 0.372. The van der Waals surface area contributed by atoms with Crippen LogP contribution in [-0.4, -0.2) is 31.1 Å². The van der Waals surface area contributed by atoms with Crippen LogP contribution in [0.5, 0.6) is 5.75 Å². The molecule has 0 radical (unpaired) electrons. The van der Waals surface area contributed by atoms with E-state index in [0.717, 1.165) is 44.0 Å². The van der Waals surface area contributed by atoms with Crippen LogP contribution >= 0.6 is 11.6 Å². The number of hydrogen-bond acceptors (Lipinski definition) is 4. The lowest BCUT2D eigenvalue weighted by atomic mass is 10.1. The summed E-state index contributed by atoms with van der Waals surface area (Å²) < 4.78 is 5.28. The highest BCUT2D eigenvalue weighted by molar-refractivity contribution is 6.32. The van der Waals surface area contributed by atoms with E-state index in [-0.39, 0.29) is 0 Å². The average Bonchev–Trinajstić information content (AvgIpc) is 3.27. The summed E-state index contributed by atoms with van der Waals surface area (Å²) in [5.74, 6) is 0.884. The molecule has 0 aromatic heterocycles. The molecule has 0 spiro atoms. The first-order valence-electron chi connectivity index (χ1n) is 10.9. The number of benzene rings is 3. The normalized spacial score (nSPS) is 16.0. The molecule has 32 heavy (non-hydrogen) atoms. The van der Waals surface area contributed by atoms with Crippen molar-refractivity contribution in [3.8, 4) is 11.8 Å². The number of anilines is 1. The maximum Gasteiger partial charge on any atom is 0.118 e. The molecule has 0 bridgehead atoms. The molecule has 0 saturated carbocycles. The van der Waals surface area contributed by atoms with E-state index in [1.54, 1.807) is 7.11 Å². The van der Waals surface area contributed by atoms with Gasteiger partial charge in [-0.3, -0.25) is 4.90 Å². The van der Waals surface area contributed by atoms with Crippen molar-refractivity contribution in [2.45, 2.75) is 32.5 Å². The van der Waals surface area contributed by atoms with Crippen molar-refractivity contribution < 1.29 is 4.74 Å². The molecule has 0 amide bonds. The van der Waals surface area contributed by atoms with Crippen molar-refractivity contribution in [3.05, 3.63) is 94.0 Å². The van der Waals surface area contributed by atoms with Crippen LogP contribution in [0.3, 0.4) is 0 Å². The fourth-order valence-corrected chi connectivity index (χ4v) is 4.59. The van der Waals surface area contributed by atoms with E-state index in [4.69, 9.17) is 16.3 Å². The lowest BCUT2D eigenvalue weighted by Gasteiger charge is -2.32. The Morgan fingerprint density at radius 1 is 1.12 bits per heavy atom. The van der Waals surface area contributed by atoms with Gasteiger partial charge in [0.2, 0.25) is 0 Å². The molecule has 4 rings (SSSR count). The van der Waals surface area contributed by atoms with Gasteiger partial charge in [-0.1, -0.05) is 48.0 Å². The van der Waals surface area contributed by atoms with Crippen molar-refractivity contribution in [2.24, 2.45) is 0 Å². The maximum atomic E-state index is 9.28. The largest absolute Gasteiger partial charge is 0.497 e. The molecule has 0 aliphatic carbocycles. The zero-order valence-electron chi connectivity index (χ0n) is 18.6. The predicted octanol–water partition coefficient (Wildman–Crippen LogP) is 5.81. The van der Waals surface area contributed by atoms with E-state index in [9.17, 15) is 5.26 Å². The van der Waals surface area contributed by atoms with E-state index < -0.39 is 0 Å². The zero-order chi connectivity index (χ0) is 22.5. The number of methoxy groups -OCH3 is 1. The second-order valence-corrected chi connectivity index (χ2v) is 8.76. The smallest absolute Gasteiger partial charge is 0.118 e. The highest BCUT2D eigenvalue weighted by atomic mass is 35.5. The first-order chi connectivity index (χ1) is 15.6. The number of halogens is 1. The number of nitriles is 1. The standard InChI is InChI=1S/C27H28ClN3O/c1-20-5-3-4-6-23(20)18-31(24-10-9-22(16-29)27(28)15-24)25-13-14-30(19-25)17-21-7-11-26(32-2)12-8-21/h3-12,15,25H,13-14,17-19H2,1-2H3/t25-/m0/s1. The van der Waals surface area contributed by atoms with E-state index in [0.29, 0.717) is 16.6 Å². The molecule has 1 atom stereocenters. The molecule has 1 heterocycles. The summed E-state index contributed by atoms with van der Waals surface area (Å²) in [4.78, 5) is 4.95. The van der Waals surface area contributed by atoms with E-state index in [2.05, 4.69) is 59.2 Å². The lowest BCUT2D eigenvalue weighted by Crippen LogP contribution is -2.37. The Balaban J connectivity index is 1.55. The molecule has 3 aromatic rings. The van der Waals surface area contributed by atoms with Gasteiger partial charge >= 0.3 is 0 Å². The fourth-order valence-electron chi connectivity index (χ4n) is 4.37.